The van der Waals surface area contributed by atoms with E-state index in [1.54, 1.807) is 7.11 Å². The molecule has 1 aliphatic rings. The van der Waals surface area contributed by atoms with E-state index in [1.807, 2.05) is 49.1 Å². The van der Waals surface area contributed by atoms with Crippen LogP contribution in [0, 0.1) is 0 Å². The van der Waals surface area contributed by atoms with Crippen molar-refractivity contribution in [3.63, 3.8) is 0 Å². The summed E-state index contributed by atoms with van der Waals surface area (Å²) in [5.74, 6) is 0.594. The van der Waals surface area contributed by atoms with Crippen molar-refractivity contribution in [3.8, 4) is 0 Å². The number of carbonyl (C=O) groups is 1. The average Bonchev–Trinajstić information content (AvgIpc) is 3.09. The van der Waals surface area contributed by atoms with Gasteiger partial charge in [-0.05, 0) is 60.2 Å². The zero-order valence-electron chi connectivity index (χ0n) is 17.4. The number of alkyl halides is 1. The monoisotopic (exact) mass is 512 g/mol. The minimum atomic E-state index is -0.142. The molecule has 0 saturated heterocycles. The Kier molecular flexibility index (Phi) is 10.2. The molecule has 1 aliphatic heterocycles. The van der Waals surface area contributed by atoms with E-state index in [2.05, 4.69) is 37.8 Å². The number of allylic oxidation sites excluding steroid dienone is 4. The number of benzene rings is 1. The topological polar surface area (TPSA) is 45.3 Å². The Morgan fingerprint density at radius 3 is 2.77 bits per heavy atom. The van der Waals surface area contributed by atoms with Gasteiger partial charge in [-0.15, -0.1) is 11.6 Å². The van der Waals surface area contributed by atoms with Crippen molar-refractivity contribution >= 4 is 56.4 Å². The summed E-state index contributed by atoms with van der Waals surface area (Å²) in [6.45, 7) is 5.31. The van der Waals surface area contributed by atoms with Gasteiger partial charge < -0.3 is 14.6 Å². The van der Waals surface area contributed by atoms with Crippen LogP contribution in [0.25, 0.3) is 10.9 Å². The smallest absolute Gasteiger partial charge is 0.210 e. The largest absolute Gasteiger partial charge is 0.383 e. The van der Waals surface area contributed by atoms with Gasteiger partial charge in [0.25, 0.3) is 0 Å². The number of nitrogens with one attached hydrogen (secondary N) is 1. The summed E-state index contributed by atoms with van der Waals surface area (Å²) in [6, 6.07) is 5.74. The lowest BCUT2D eigenvalue weighted by Crippen LogP contribution is -2.35. The van der Waals surface area contributed by atoms with E-state index in [4.69, 9.17) is 23.2 Å². The molecule has 2 aromatic rings. The Labute approximate surface area is 196 Å². The molecule has 3 rings (SSSR count). The number of H-pyrrole nitrogens is 1. The molecule has 30 heavy (non-hydrogen) atoms. The highest BCUT2D eigenvalue weighted by Gasteiger charge is 2.31. The third-order valence-electron chi connectivity index (χ3n) is 4.71. The van der Waals surface area contributed by atoms with Gasteiger partial charge in [-0.1, -0.05) is 45.8 Å². The normalized spacial score (nSPS) is 17.1. The number of carbonyl (C=O) groups excluding carboxylic acids is 1. The molecule has 0 fully saturated rings. The summed E-state index contributed by atoms with van der Waals surface area (Å²) >= 11 is 14.9. The van der Waals surface area contributed by atoms with E-state index in [0.717, 1.165) is 44.5 Å². The number of rotatable bonds is 6. The maximum absolute atomic E-state index is 11.7. The number of hydrogen-bond donors (Lipinski definition) is 1. The van der Waals surface area contributed by atoms with Gasteiger partial charge >= 0.3 is 0 Å². The van der Waals surface area contributed by atoms with Gasteiger partial charge in [0.15, 0.2) is 0 Å². The fourth-order valence-corrected chi connectivity index (χ4v) is 4.07. The molecule has 0 radical (unpaired) electrons. The molecule has 2 heterocycles. The van der Waals surface area contributed by atoms with E-state index in [1.165, 1.54) is 5.56 Å². The molecular weight excluding hydrogens is 487 g/mol. The zero-order valence-corrected chi connectivity index (χ0v) is 20.5. The number of aromatic amines is 1. The number of fused-ring (bicyclic) bond motifs is 3. The molecule has 1 unspecified atom stereocenters. The van der Waals surface area contributed by atoms with Crippen molar-refractivity contribution in [1.82, 2.24) is 9.88 Å². The number of amides is 1. The number of ether oxygens (including phenoxy) is 1. The maximum Gasteiger partial charge on any atom is 0.210 e. The molecule has 1 N–H and O–H groups in total. The summed E-state index contributed by atoms with van der Waals surface area (Å²) in [6.07, 6.45) is 9.86. The third kappa shape index (κ3) is 6.24. The van der Waals surface area contributed by atoms with Gasteiger partial charge in [-0.3, -0.25) is 4.79 Å². The minimum Gasteiger partial charge on any atom is -0.383 e. The lowest BCUT2D eigenvalue weighted by Gasteiger charge is -2.34. The van der Waals surface area contributed by atoms with Crippen LogP contribution in [0.4, 0.5) is 0 Å². The van der Waals surface area contributed by atoms with E-state index in [-0.39, 0.29) is 6.04 Å². The molecule has 0 bridgehead atoms. The van der Waals surface area contributed by atoms with Gasteiger partial charge in [0.1, 0.15) is 0 Å². The molecule has 1 atom stereocenters. The van der Waals surface area contributed by atoms with Crippen LogP contribution in [0.2, 0.25) is 5.02 Å². The van der Waals surface area contributed by atoms with Crippen LogP contribution in [-0.2, 0) is 16.0 Å². The van der Waals surface area contributed by atoms with Crippen molar-refractivity contribution in [3.05, 3.63) is 68.8 Å². The maximum atomic E-state index is 11.7. The predicted octanol–water partition coefficient (Wildman–Crippen LogP) is 6.55. The Balaban J connectivity index is 0.000000575. The summed E-state index contributed by atoms with van der Waals surface area (Å²) in [7, 11) is 1.63. The van der Waals surface area contributed by atoms with Crippen molar-refractivity contribution < 1.29 is 9.53 Å². The molecule has 162 valence electrons. The predicted molar refractivity (Wildman–Crippen MR) is 131 cm³/mol. The van der Waals surface area contributed by atoms with Crippen LogP contribution in [0.5, 0.6) is 0 Å². The van der Waals surface area contributed by atoms with E-state index < -0.39 is 0 Å². The fraction of sp³-hybridized carbons (Fsp3) is 0.348. The first kappa shape index (κ1) is 24.7. The number of halogens is 3. The van der Waals surface area contributed by atoms with Crippen LogP contribution < -0.4 is 0 Å². The fourth-order valence-electron chi connectivity index (χ4n) is 3.48. The van der Waals surface area contributed by atoms with Gasteiger partial charge in [-0.2, -0.15) is 0 Å². The molecule has 1 aromatic heterocycles. The molecule has 0 spiro atoms. The Morgan fingerprint density at radius 1 is 1.43 bits per heavy atom. The van der Waals surface area contributed by atoms with Gasteiger partial charge in [0.05, 0.1) is 12.6 Å². The standard InChI is InChI=1S/C20H20BrClN2O.C3H7ClO/c1-3-4-5-14(10-13(2)21)20-19-16(8-9-24(20)12-25)17-11-15(22)6-7-18(17)23-19;1-5-3-2-4/h3-7,10-12,20,23H,8-9H2,1-2H3;2-3H2,1H3/b4-3-,13-10+,14-5+;. The second-order valence-corrected chi connectivity index (χ2v) is 8.87. The summed E-state index contributed by atoms with van der Waals surface area (Å²) < 4.78 is 5.57. The first-order valence-corrected chi connectivity index (χ1v) is 11.4. The Morgan fingerprint density at radius 2 is 2.20 bits per heavy atom. The van der Waals surface area contributed by atoms with Crippen molar-refractivity contribution in [2.24, 2.45) is 0 Å². The average molecular weight is 514 g/mol. The quantitative estimate of drug-likeness (QED) is 0.270. The summed E-state index contributed by atoms with van der Waals surface area (Å²) in [5.41, 5.74) is 4.42. The molecule has 4 nitrogen and oxygen atoms in total. The van der Waals surface area contributed by atoms with Crippen LogP contribution in [0.3, 0.4) is 0 Å². The summed E-state index contributed by atoms with van der Waals surface area (Å²) in [4.78, 5) is 17.1. The van der Waals surface area contributed by atoms with Gasteiger partial charge in [0.2, 0.25) is 6.41 Å². The molecule has 1 aromatic carbocycles. The highest BCUT2D eigenvalue weighted by Crippen LogP contribution is 2.39. The highest BCUT2D eigenvalue weighted by atomic mass is 79.9. The molecular formula is C23H27BrCl2N2O2. The number of aromatic nitrogens is 1. The first-order valence-electron chi connectivity index (χ1n) is 9.69. The molecule has 0 aliphatic carbocycles. The SMILES string of the molecule is COCCCl.C\C=C/C=C(\C=C(/C)Br)C1c2[nH]c3ccc(Cl)cc3c2CCN1C=O. The lowest BCUT2D eigenvalue weighted by molar-refractivity contribution is -0.120. The van der Waals surface area contributed by atoms with Gasteiger partial charge in [0, 0.05) is 41.2 Å². The Hall–Kier alpha value is -1.53. The second kappa shape index (κ2) is 12.4. The lowest BCUT2D eigenvalue weighted by atomic mass is 9.92. The number of nitrogens with zero attached hydrogens (tertiary/aromatic N) is 1. The third-order valence-corrected chi connectivity index (χ3v) is 5.32. The molecule has 0 saturated carbocycles. The first-order chi connectivity index (χ1) is 14.5. The van der Waals surface area contributed by atoms with Crippen LogP contribution in [0.15, 0.2) is 52.6 Å². The second-order valence-electron chi connectivity index (χ2n) is 6.81. The summed E-state index contributed by atoms with van der Waals surface area (Å²) in [5, 5.41) is 1.87. The van der Waals surface area contributed by atoms with E-state index >= 15 is 0 Å². The van der Waals surface area contributed by atoms with Crippen LogP contribution in [0.1, 0.15) is 31.1 Å². The van der Waals surface area contributed by atoms with Crippen molar-refractivity contribution in [1.29, 1.82) is 0 Å². The number of methoxy groups -OCH3 is 1. The van der Waals surface area contributed by atoms with Crippen LogP contribution in [-0.4, -0.2) is 42.4 Å². The number of hydrogen-bond acceptors (Lipinski definition) is 2. The van der Waals surface area contributed by atoms with Gasteiger partial charge in [-0.25, -0.2) is 0 Å². The van der Waals surface area contributed by atoms with E-state index in [9.17, 15) is 4.79 Å². The Bertz CT molecular complexity index is 944. The zero-order chi connectivity index (χ0) is 22.1. The van der Waals surface area contributed by atoms with Crippen molar-refractivity contribution in [2.75, 3.05) is 26.1 Å². The molecule has 1 amide bonds. The molecule has 7 heteroatoms. The highest BCUT2D eigenvalue weighted by molar-refractivity contribution is 9.11. The minimum absolute atomic E-state index is 0.142. The van der Waals surface area contributed by atoms with Crippen molar-refractivity contribution in [2.45, 2.75) is 26.3 Å². The van der Waals surface area contributed by atoms with Crippen LogP contribution >= 0.6 is 39.1 Å². The van der Waals surface area contributed by atoms with E-state index in [0.29, 0.717) is 19.0 Å².